The summed E-state index contributed by atoms with van der Waals surface area (Å²) in [5.74, 6) is -2.76. The number of carbonyl (C=O) groups is 1. The van der Waals surface area contributed by atoms with E-state index in [2.05, 4.69) is 31.2 Å². The van der Waals surface area contributed by atoms with Gasteiger partial charge < -0.3 is 10.3 Å². The molecular weight excluding hydrogens is 296 g/mol. The predicted octanol–water partition coefficient (Wildman–Crippen LogP) is 2.70. The van der Waals surface area contributed by atoms with Crippen LogP contribution in [0, 0.1) is 11.6 Å². The van der Waals surface area contributed by atoms with Crippen molar-refractivity contribution >= 4 is 27.5 Å². The van der Waals surface area contributed by atoms with E-state index in [4.69, 9.17) is 0 Å². The zero-order valence-corrected chi connectivity index (χ0v) is 9.88. The minimum Gasteiger partial charge on any atom is -0.341 e. The Morgan fingerprint density at radius 3 is 2.76 bits per heavy atom. The fraction of sp³-hybridized carbons (Fsp3) is 0. The highest BCUT2D eigenvalue weighted by atomic mass is 79.9. The molecule has 0 saturated carbocycles. The summed E-state index contributed by atoms with van der Waals surface area (Å²) < 4.78 is 26.6. The first kappa shape index (κ1) is 11.7. The van der Waals surface area contributed by atoms with Gasteiger partial charge in [0.1, 0.15) is 5.69 Å². The molecule has 0 bridgehead atoms. The number of anilines is 1. The van der Waals surface area contributed by atoms with Crippen molar-refractivity contribution in [2.24, 2.45) is 0 Å². The van der Waals surface area contributed by atoms with Gasteiger partial charge in [0.15, 0.2) is 11.6 Å². The minimum absolute atomic E-state index is 0.00506. The normalized spacial score (nSPS) is 10.3. The molecule has 7 heteroatoms. The molecule has 0 atom stereocenters. The van der Waals surface area contributed by atoms with Crippen LogP contribution in [-0.2, 0) is 0 Å². The van der Waals surface area contributed by atoms with Gasteiger partial charge in [-0.2, -0.15) is 0 Å². The Hall–Kier alpha value is -1.76. The monoisotopic (exact) mass is 301 g/mol. The van der Waals surface area contributed by atoms with Crippen molar-refractivity contribution in [2.45, 2.75) is 0 Å². The first-order valence-electron chi connectivity index (χ1n) is 4.53. The summed E-state index contributed by atoms with van der Waals surface area (Å²) in [4.78, 5) is 17.7. The van der Waals surface area contributed by atoms with Gasteiger partial charge in [0, 0.05) is 0 Å². The molecule has 0 radical (unpaired) electrons. The minimum atomic E-state index is -1.12. The van der Waals surface area contributed by atoms with Gasteiger partial charge in [0.05, 0.1) is 22.7 Å². The van der Waals surface area contributed by atoms with Gasteiger partial charge in [-0.15, -0.1) is 0 Å². The third kappa shape index (κ3) is 2.33. The predicted molar refractivity (Wildman–Crippen MR) is 60.6 cm³/mol. The Morgan fingerprint density at radius 2 is 2.12 bits per heavy atom. The molecule has 1 aromatic heterocycles. The summed E-state index contributed by atoms with van der Waals surface area (Å²) >= 11 is 2.84. The number of nitrogens with zero attached hydrogens (tertiary/aromatic N) is 1. The second kappa shape index (κ2) is 4.62. The van der Waals surface area contributed by atoms with Crippen molar-refractivity contribution in [1.82, 2.24) is 9.97 Å². The van der Waals surface area contributed by atoms with E-state index in [1.54, 1.807) is 0 Å². The number of hydrogen-bond donors (Lipinski definition) is 2. The molecule has 1 aromatic carbocycles. The first-order valence-corrected chi connectivity index (χ1v) is 5.32. The highest BCUT2D eigenvalue weighted by molar-refractivity contribution is 9.10. The van der Waals surface area contributed by atoms with E-state index in [9.17, 15) is 13.6 Å². The number of hydrogen-bond acceptors (Lipinski definition) is 2. The topological polar surface area (TPSA) is 57.8 Å². The highest BCUT2D eigenvalue weighted by Gasteiger charge is 2.15. The van der Waals surface area contributed by atoms with Gasteiger partial charge in [-0.25, -0.2) is 13.8 Å². The van der Waals surface area contributed by atoms with Gasteiger partial charge in [-0.05, 0) is 28.1 Å². The fourth-order valence-corrected chi connectivity index (χ4v) is 1.50. The van der Waals surface area contributed by atoms with Crippen LogP contribution in [0.1, 0.15) is 10.5 Å². The molecule has 2 N–H and O–H groups in total. The number of halogens is 3. The van der Waals surface area contributed by atoms with Gasteiger partial charge in [0.2, 0.25) is 0 Å². The molecule has 0 aliphatic heterocycles. The molecule has 2 rings (SSSR count). The van der Waals surface area contributed by atoms with Crippen molar-refractivity contribution < 1.29 is 13.6 Å². The quantitative estimate of drug-likeness (QED) is 0.838. The van der Waals surface area contributed by atoms with Crippen molar-refractivity contribution in [1.29, 1.82) is 0 Å². The van der Waals surface area contributed by atoms with E-state index < -0.39 is 17.5 Å². The molecule has 0 aliphatic rings. The van der Waals surface area contributed by atoms with Gasteiger partial charge in [0.25, 0.3) is 5.91 Å². The molecule has 4 nitrogen and oxygen atoms in total. The summed E-state index contributed by atoms with van der Waals surface area (Å²) in [6.07, 6.45) is 2.59. The molecule has 0 saturated heterocycles. The molecule has 2 aromatic rings. The van der Waals surface area contributed by atoms with Crippen molar-refractivity contribution in [3.8, 4) is 0 Å². The van der Waals surface area contributed by atoms with Gasteiger partial charge in [-0.1, -0.05) is 0 Å². The van der Waals surface area contributed by atoms with Crippen LogP contribution >= 0.6 is 15.9 Å². The maximum atomic E-state index is 13.4. The molecule has 0 unspecified atom stereocenters. The molecule has 0 aliphatic carbocycles. The summed E-state index contributed by atoms with van der Waals surface area (Å²) in [5, 5.41) is 2.23. The van der Waals surface area contributed by atoms with E-state index in [-0.39, 0.29) is 15.9 Å². The number of carbonyl (C=O) groups excluding carboxylic acids is 1. The van der Waals surface area contributed by atoms with Crippen LogP contribution in [0.25, 0.3) is 0 Å². The lowest BCUT2D eigenvalue weighted by molar-refractivity contribution is 0.102. The number of aromatic amines is 1. The van der Waals surface area contributed by atoms with Crippen molar-refractivity contribution in [3.05, 3.63) is 46.5 Å². The Bertz CT molecular complexity index is 557. The van der Waals surface area contributed by atoms with Crippen LogP contribution in [0.15, 0.2) is 29.1 Å². The smallest absolute Gasteiger partial charge is 0.273 e. The zero-order valence-electron chi connectivity index (χ0n) is 8.30. The number of aromatic nitrogens is 2. The molecule has 0 fully saturated rings. The molecular formula is C10H6BrF2N3O. The Morgan fingerprint density at radius 1 is 1.35 bits per heavy atom. The lowest BCUT2D eigenvalue weighted by Crippen LogP contribution is -2.13. The fourth-order valence-electron chi connectivity index (χ4n) is 1.19. The molecule has 1 amide bonds. The Balaban J connectivity index is 2.25. The zero-order chi connectivity index (χ0) is 12.4. The number of nitrogens with one attached hydrogen (secondary N) is 2. The summed E-state index contributed by atoms with van der Waals surface area (Å²) in [6, 6.07) is 2.57. The third-order valence-corrected chi connectivity index (χ3v) is 2.64. The molecule has 1 heterocycles. The van der Waals surface area contributed by atoms with E-state index in [1.165, 1.54) is 24.7 Å². The van der Waals surface area contributed by atoms with Crippen LogP contribution in [-0.4, -0.2) is 15.9 Å². The molecule has 88 valence electrons. The van der Waals surface area contributed by atoms with Crippen LogP contribution in [0.3, 0.4) is 0 Å². The first-order chi connectivity index (χ1) is 8.09. The number of benzene rings is 1. The van der Waals surface area contributed by atoms with E-state index in [0.29, 0.717) is 0 Å². The summed E-state index contributed by atoms with van der Waals surface area (Å²) in [7, 11) is 0. The lowest BCUT2D eigenvalue weighted by atomic mass is 10.3. The number of H-pyrrole nitrogens is 1. The number of imidazole rings is 1. The second-order valence-corrected chi connectivity index (χ2v) is 4.00. The van der Waals surface area contributed by atoms with Crippen molar-refractivity contribution in [3.63, 3.8) is 0 Å². The van der Waals surface area contributed by atoms with E-state index >= 15 is 0 Å². The van der Waals surface area contributed by atoms with Gasteiger partial charge >= 0.3 is 0 Å². The number of amides is 1. The van der Waals surface area contributed by atoms with E-state index in [0.717, 1.165) is 0 Å². The van der Waals surface area contributed by atoms with Crippen LogP contribution in [0.5, 0.6) is 0 Å². The average molecular weight is 302 g/mol. The Labute approximate surface area is 103 Å². The standard InChI is InChI=1S/C10H6BrF2N3O/c11-5-1-2-6(9(13)8(5)12)16-10(17)7-3-14-4-15-7/h1-4H,(H,14,15)(H,16,17). The average Bonchev–Trinajstić information content (AvgIpc) is 2.83. The largest absolute Gasteiger partial charge is 0.341 e. The lowest BCUT2D eigenvalue weighted by Gasteiger charge is -2.06. The highest BCUT2D eigenvalue weighted by Crippen LogP contribution is 2.24. The van der Waals surface area contributed by atoms with Gasteiger partial charge in [-0.3, -0.25) is 4.79 Å². The second-order valence-electron chi connectivity index (χ2n) is 3.14. The molecule has 0 spiro atoms. The Kier molecular flexibility index (Phi) is 3.19. The van der Waals surface area contributed by atoms with Crippen molar-refractivity contribution in [2.75, 3.05) is 5.32 Å². The number of rotatable bonds is 2. The third-order valence-electron chi connectivity index (χ3n) is 2.03. The van der Waals surface area contributed by atoms with Crippen LogP contribution in [0.2, 0.25) is 0 Å². The molecule has 17 heavy (non-hydrogen) atoms. The maximum absolute atomic E-state index is 13.4. The SMILES string of the molecule is O=C(Nc1ccc(Br)c(F)c1F)c1cnc[nH]1. The van der Waals surface area contributed by atoms with E-state index in [1.807, 2.05) is 0 Å². The summed E-state index contributed by atoms with van der Waals surface area (Å²) in [6.45, 7) is 0. The maximum Gasteiger partial charge on any atom is 0.273 e. The van der Waals surface area contributed by atoms with Crippen LogP contribution in [0.4, 0.5) is 14.5 Å². The summed E-state index contributed by atoms with van der Waals surface area (Å²) in [5.41, 5.74) is -0.0713. The van der Waals surface area contributed by atoms with Crippen LogP contribution < -0.4 is 5.32 Å².